The minimum absolute atomic E-state index is 0.0260. The van der Waals surface area contributed by atoms with Crippen LogP contribution in [0, 0.1) is 18.3 Å². The summed E-state index contributed by atoms with van der Waals surface area (Å²) in [5.41, 5.74) is 5.61. The zero-order valence-corrected chi connectivity index (χ0v) is 17.6. The van der Waals surface area contributed by atoms with Gasteiger partial charge in [0.1, 0.15) is 11.6 Å². The second-order valence-corrected chi connectivity index (χ2v) is 7.85. The summed E-state index contributed by atoms with van der Waals surface area (Å²) in [6.45, 7) is 3.95. The zero-order chi connectivity index (χ0) is 20.8. The van der Waals surface area contributed by atoms with Gasteiger partial charge in [0.25, 0.3) is 5.91 Å². The first-order chi connectivity index (χ1) is 14.0. The summed E-state index contributed by atoms with van der Waals surface area (Å²) < 4.78 is 0. The van der Waals surface area contributed by atoms with Crippen molar-refractivity contribution in [2.75, 3.05) is 5.32 Å². The van der Waals surface area contributed by atoms with Crippen molar-refractivity contribution in [3.63, 3.8) is 0 Å². The van der Waals surface area contributed by atoms with Gasteiger partial charge in [-0.2, -0.15) is 5.26 Å². The molecule has 1 atom stereocenters. The van der Waals surface area contributed by atoms with Crippen LogP contribution >= 0.6 is 11.6 Å². The molecule has 0 radical (unpaired) electrons. The molecule has 0 saturated carbocycles. The molecule has 0 aromatic heterocycles. The molecule has 0 bridgehead atoms. The summed E-state index contributed by atoms with van der Waals surface area (Å²) in [7, 11) is 0. The third-order valence-electron chi connectivity index (χ3n) is 5.41. The number of aryl methyl sites for hydroxylation is 3. The number of nitrogens with one attached hydrogen (secondary N) is 2. The number of carbonyl (C=O) groups is 1. The second-order valence-electron chi connectivity index (χ2n) is 7.45. The van der Waals surface area contributed by atoms with Crippen LogP contribution < -0.4 is 10.6 Å². The van der Waals surface area contributed by atoms with Crippen LogP contribution in [0.5, 0.6) is 0 Å². The van der Waals surface area contributed by atoms with E-state index < -0.39 is 0 Å². The van der Waals surface area contributed by atoms with Crippen molar-refractivity contribution in [1.82, 2.24) is 5.32 Å². The molecule has 0 aliphatic heterocycles. The van der Waals surface area contributed by atoms with E-state index in [1.54, 1.807) is 6.07 Å². The van der Waals surface area contributed by atoms with Gasteiger partial charge >= 0.3 is 0 Å². The molecule has 2 N–H and O–H groups in total. The highest BCUT2D eigenvalue weighted by atomic mass is 35.5. The third-order valence-corrected chi connectivity index (χ3v) is 5.82. The van der Waals surface area contributed by atoms with Crippen LogP contribution in [0.4, 0.5) is 5.69 Å². The van der Waals surface area contributed by atoms with Crippen molar-refractivity contribution in [3.8, 4) is 6.07 Å². The number of nitrogens with zero attached hydrogens (tertiary/aromatic N) is 1. The van der Waals surface area contributed by atoms with Crippen LogP contribution in [0.3, 0.4) is 0 Å². The molecule has 1 aliphatic carbocycles. The van der Waals surface area contributed by atoms with Crippen molar-refractivity contribution in [2.45, 2.75) is 52.0 Å². The van der Waals surface area contributed by atoms with Crippen LogP contribution in [0.25, 0.3) is 0 Å². The van der Waals surface area contributed by atoms with E-state index in [-0.39, 0.29) is 17.5 Å². The predicted molar refractivity (Wildman–Crippen MR) is 118 cm³/mol. The number of carbonyl (C=O) groups excluding carboxylic acids is 1. The topological polar surface area (TPSA) is 64.9 Å². The number of hydrogen-bond donors (Lipinski definition) is 2. The summed E-state index contributed by atoms with van der Waals surface area (Å²) in [6, 6.07) is 13.9. The highest BCUT2D eigenvalue weighted by molar-refractivity contribution is 6.31. The number of benzene rings is 2. The quantitative estimate of drug-likeness (QED) is 0.482. The monoisotopic (exact) mass is 407 g/mol. The van der Waals surface area contributed by atoms with Crippen molar-refractivity contribution in [2.24, 2.45) is 0 Å². The van der Waals surface area contributed by atoms with Gasteiger partial charge < -0.3 is 10.6 Å². The average molecular weight is 408 g/mol. The predicted octanol–water partition coefficient (Wildman–Crippen LogP) is 5.61. The largest absolute Gasteiger partial charge is 0.360 e. The molecule has 0 fully saturated rings. The Hall–Kier alpha value is -2.77. The molecule has 2 aromatic rings. The van der Waals surface area contributed by atoms with E-state index >= 15 is 0 Å². The maximum absolute atomic E-state index is 12.7. The smallest absolute Gasteiger partial charge is 0.263 e. The lowest BCUT2D eigenvalue weighted by Gasteiger charge is -2.21. The van der Waals surface area contributed by atoms with Crippen LogP contribution in [0.15, 0.2) is 48.2 Å². The molecule has 0 saturated heterocycles. The minimum atomic E-state index is -0.386. The van der Waals surface area contributed by atoms with Gasteiger partial charge in [0.2, 0.25) is 0 Å². The average Bonchev–Trinajstić information content (AvgIpc) is 2.74. The number of nitriles is 1. The number of halogens is 1. The summed E-state index contributed by atoms with van der Waals surface area (Å²) in [5, 5.41) is 16.1. The first-order valence-electron chi connectivity index (χ1n) is 10.1. The third kappa shape index (κ3) is 5.19. The van der Waals surface area contributed by atoms with Crippen molar-refractivity contribution in [1.29, 1.82) is 5.26 Å². The fourth-order valence-electron chi connectivity index (χ4n) is 3.61. The fraction of sp³-hybridized carbons (Fsp3) is 0.333. The highest BCUT2D eigenvalue weighted by Crippen LogP contribution is 2.26. The molecule has 4 nitrogen and oxygen atoms in total. The van der Waals surface area contributed by atoms with Gasteiger partial charge in [0.15, 0.2) is 0 Å². The van der Waals surface area contributed by atoms with E-state index in [4.69, 9.17) is 11.6 Å². The standard InChI is InChI=1S/C24H26ClN3O/c1-3-23(19-10-9-17-6-4-5-7-18(17)12-19)28-24(29)20(14-26)15-27-21-11-8-16(2)22(25)13-21/h8-13,15,23,27H,3-7H2,1-2H3,(H,28,29)/b20-15-. The number of rotatable bonds is 6. The SMILES string of the molecule is CCC(NC(=O)/C(C#N)=C\Nc1ccc(C)c(Cl)c1)c1ccc2c(c1)CCCC2. The minimum Gasteiger partial charge on any atom is -0.360 e. The Kier molecular flexibility index (Phi) is 6.95. The van der Waals surface area contributed by atoms with Gasteiger partial charge in [0, 0.05) is 16.9 Å². The van der Waals surface area contributed by atoms with E-state index in [2.05, 4.69) is 28.8 Å². The number of anilines is 1. The van der Waals surface area contributed by atoms with Gasteiger partial charge in [0.05, 0.1) is 6.04 Å². The maximum Gasteiger partial charge on any atom is 0.263 e. The molecule has 0 spiro atoms. The van der Waals surface area contributed by atoms with Crippen LogP contribution in [-0.2, 0) is 17.6 Å². The van der Waals surface area contributed by atoms with Crippen LogP contribution in [0.1, 0.15) is 54.5 Å². The van der Waals surface area contributed by atoms with Gasteiger partial charge in [-0.05, 0) is 73.4 Å². The summed E-state index contributed by atoms with van der Waals surface area (Å²) in [6.07, 6.45) is 6.88. The lowest BCUT2D eigenvalue weighted by Crippen LogP contribution is -2.29. The Morgan fingerprint density at radius 3 is 2.66 bits per heavy atom. The Morgan fingerprint density at radius 2 is 1.97 bits per heavy atom. The first-order valence-corrected chi connectivity index (χ1v) is 10.4. The van der Waals surface area contributed by atoms with E-state index in [0.717, 1.165) is 36.1 Å². The Labute approximate surface area is 177 Å². The molecule has 3 rings (SSSR count). The molecule has 150 valence electrons. The molecule has 29 heavy (non-hydrogen) atoms. The number of fused-ring (bicyclic) bond motifs is 1. The van der Waals surface area contributed by atoms with Crippen LogP contribution in [-0.4, -0.2) is 5.91 Å². The zero-order valence-electron chi connectivity index (χ0n) is 16.9. The Morgan fingerprint density at radius 1 is 1.21 bits per heavy atom. The van der Waals surface area contributed by atoms with Crippen LogP contribution in [0.2, 0.25) is 5.02 Å². The van der Waals surface area contributed by atoms with Gasteiger partial charge in [-0.1, -0.05) is 42.8 Å². The molecule has 1 amide bonds. The van der Waals surface area contributed by atoms with Gasteiger partial charge in [-0.3, -0.25) is 4.79 Å². The Bertz CT molecular complexity index is 975. The molecular formula is C24H26ClN3O. The number of amides is 1. The molecular weight excluding hydrogens is 382 g/mol. The van der Waals surface area contributed by atoms with Gasteiger partial charge in [-0.15, -0.1) is 0 Å². The lowest BCUT2D eigenvalue weighted by molar-refractivity contribution is -0.117. The summed E-state index contributed by atoms with van der Waals surface area (Å²) in [5.74, 6) is -0.386. The fourth-order valence-corrected chi connectivity index (χ4v) is 3.79. The number of hydrogen-bond acceptors (Lipinski definition) is 3. The molecule has 1 unspecified atom stereocenters. The summed E-state index contributed by atoms with van der Waals surface area (Å²) in [4.78, 5) is 12.7. The maximum atomic E-state index is 12.7. The van der Waals surface area contributed by atoms with E-state index in [1.807, 2.05) is 32.0 Å². The van der Waals surface area contributed by atoms with Gasteiger partial charge in [-0.25, -0.2) is 0 Å². The first kappa shape index (κ1) is 21.0. The van der Waals surface area contributed by atoms with E-state index in [9.17, 15) is 10.1 Å². The molecule has 2 aromatic carbocycles. The molecule has 0 heterocycles. The molecule has 5 heteroatoms. The lowest BCUT2D eigenvalue weighted by atomic mass is 9.88. The Balaban J connectivity index is 1.71. The molecule has 1 aliphatic rings. The highest BCUT2D eigenvalue weighted by Gasteiger charge is 2.18. The van der Waals surface area contributed by atoms with Crippen molar-refractivity contribution in [3.05, 3.63) is 75.4 Å². The van der Waals surface area contributed by atoms with Crippen molar-refractivity contribution < 1.29 is 4.79 Å². The van der Waals surface area contributed by atoms with E-state index in [1.165, 1.54) is 30.2 Å². The normalized spacial score (nSPS) is 14.5. The van der Waals surface area contributed by atoms with E-state index in [0.29, 0.717) is 5.02 Å². The summed E-state index contributed by atoms with van der Waals surface area (Å²) >= 11 is 6.13. The second kappa shape index (κ2) is 9.62. The van der Waals surface area contributed by atoms with Crippen molar-refractivity contribution >= 4 is 23.2 Å².